The summed E-state index contributed by atoms with van der Waals surface area (Å²) in [7, 11) is 3.00. The summed E-state index contributed by atoms with van der Waals surface area (Å²) >= 11 is 3.38. The van der Waals surface area contributed by atoms with Gasteiger partial charge in [-0.3, -0.25) is 14.9 Å². The lowest BCUT2D eigenvalue weighted by Crippen LogP contribution is -2.49. The van der Waals surface area contributed by atoms with E-state index in [1.165, 1.54) is 20.3 Å². The first kappa shape index (κ1) is 19.9. The van der Waals surface area contributed by atoms with Crippen LogP contribution in [0.25, 0.3) is 0 Å². The first-order chi connectivity index (χ1) is 13.4. The zero-order chi connectivity index (χ0) is 20.3. The number of ether oxygens (including phenoxy) is 2. The van der Waals surface area contributed by atoms with Crippen molar-refractivity contribution in [2.45, 2.75) is 0 Å². The third-order valence-corrected chi connectivity index (χ3v) is 5.17. The van der Waals surface area contributed by atoms with Gasteiger partial charge < -0.3 is 19.3 Å². The standard InChI is InChI=1S/C19H20BrN3O5/c1-27-14-4-5-16(17(12-14)23(25)26)21-7-9-22(10-8-21)19(24)15-11-13(20)3-6-18(15)28-2/h3-6,11-12H,7-10H2,1-2H3. The lowest BCUT2D eigenvalue weighted by Gasteiger charge is -2.36. The number of hydrogen-bond donors (Lipinski definition) is 0. The van der Waals surface area contributed by atoms with Crippen LogP contribution in [0.1, 0.15) is 10.4 Å². The van der Waals surface area contributed by atoms with Gasteiger partial charge in [0.25, 0.3) is 11.6 Å². The number of anilines is 1. The molecule has 1 amide bonds. The zero-order valence-corrected chi connectivity index (χ0v) is 17.1. The number of hydrogen-bond acceptors (Lipinski definition) is 6. The molecule has 1 aliphatic heterocycles. The maximum Gasteiger partial charge on any atom is 0.296 e. The van der Waals surface area contributed by atoms with Gasteiger partial charge in [0.2, 0.25) is 0 Å². The fourth-order valence-electron chi connectivity index (χ4n) is 3.21. The van der Waals surface area contributed by atoms with Gasteiger partial charge in [-0.2, -0.15) is 0 Å². The number of benzene rings is 2. The van der Waals surface area contributed by atoms with E-state index in [-0.39, 0.29) is 11.6 Å². The molecule has 3 rings (SSSR count). The summed E-state index contributed by atoms with van der Waals surface area (Å²) in [5.41, 5.74) is 1.01. The molecule has 0 spiro atoms. The van der Waals surface area contributed by atoms with E-state index in [0.29, 0.717) is 48.9 Å². The van der Waals surface area contributed by atoms with E-state index < -0.39 is 4.92 Å². The molecule has 28 heavy (non-hydrogen) atoms. The second kappa shape index (κ2) is 8.47. The molecule has 0 aliphatic carbocycles. The van der Waals surface area contributed by atoms with Gasteiger partial charge in [0.05, 0.1) is 30.8 Å². The predicted octanol–water partition coefficient (Wildman–Crippen LogP) is 3.34. The zero-order valence-electron chi connectivity index (χ0n) is 15.6. The summed E-state index contributed by atoms with van der Waals surface area (Å²) in [6, 6.07) is 10.1. The molecule has 2 aromatic carbocycles. The number of piperazine rings is 1. The molecule has 0 radical (unpaired) electrons. The minimum absolute atomic E-state index is 0.00668. The van der Waals surface area contributed by atoms with Crippen molar-refractivity contribution in [1.29, 1.82) is 0 Å². The van der Waals surface area contributed by atoms with E-state index in [1.54, 1.807) is 29.2 Å². The Morgan fingerprint density at radius 2 is 1.79 bits per heavy atom. The van der Waals surface area contributed by atoms with Crippen LogP contribution < -0.4 is 14.4 Å². The molecular formula is C19H20BrN3O5. The Bertz CT molecular complexity index is 897. The number of amides is 1. The highest BCUT2D eigenvalue weighted by atomic mass is 79.9. The number of nitro benzene ring substituents is 1. The van der Waals surface area contributed by atoms with Gasteiger partial charge in [-0.05, 0) is 30.3 Å². The Morgan fingerprint density at radius 1 is 1.07 bits per heavy atom. The minimum atomic E-state index is -0.415. The van der Waals surface area contributed by atoms with E-state index in [1.807, 2.05) is 11.0 Å². The average Bonchev–Trinajstić information content (AvgIpc) is 2.72. The van der Waals surface area contributed by atoms with E-state index in [2.05, 4.69) is 15.9 Å². The van der Waals surface area contributed by atoms with Gasteiger partial charge in [0.1, 0.15) is 17.2 Å². The molecule has 0 bridgehead atoms. The smallest absolute Gasteiger partial charge is 0.296 e. The molecule has 1 heterocycles. The molecule has 0 unspecified atom stereocenters. The number of halogens is 1. The van der Waals surface area contributed by atoms with Crippen molar-refractivity contribution in [2.24, 2.45) is 0 Å². The van der Waals surface area contributed by atoms with E-state index >= 15 is 0 Å². The van der Waals surface area contributed by atoms with E-state index in [4.69, 9.17) is 9.47 Å². The van der Waals surface area contributed by atoms with Crippen LogP contribution in [0.15, 0.2) is 40.9 Å². The van der Waals surface area contributed by atoms with Gasteiger partial charge in [-0.1, -0.05) is 15.9 Å². The minimum Gasteiger partial charge on any atom is -0.496 e. The third kappa shape index (κ3) is 4.04. The molecular weight excluding hydrogens is 430 g/mol. The van der Waals surface area contributed by atoms with Gasteiger partial charge in [-0.25, -0.2) is 0 Å². The fraction of sp³-hybridized carbons (Fsp3) is 0.316. The Balaban J connectivity index is 1.76. The molecule has 0 N–H and O–H groups in total. The monoisotopic (exact) mass is 449 g/mol. The Morgan fingerprint density at radius 3 is 2.39 bits per heavy atom. The van der Waals surface area contributed by atoms with E-state index in [9.17, 15) is 14.9 Å². The highest BCUT2D eigenvalue weighted by Gasteiger charge is 2.28. The maximum absolute atomic E-state index is 12.9. The summed E-state index contributed by atoms with van der Waals surface area (Å²) in [6.07, 6.45) is 0. The molecule has 0 atom stereocenters. The number of carbonyl (C=O) groups excluding carboxylic acids is 1. The summed E-state index contributed by atoms with van der Waals surface area (Å²) in [5, 5.41) is 11.4. The largest absolute Gasteiger partial charge is 0.496 e. The van der Waals surface area contributed by atoms with Gasteiger partial charge >= 0.3 is 0 Å². The topological polar surface area (TPSA) is 85.2 Å². The number of methoxy groups -OCH3 is 2. The Hall–Kier alpha value is -2.81. The second-order valence-electron chi connectivity index (χ2n) is 6.24. The van der Waals surface area contributed by atoms with Crippen molar-refractivity contribution >= 4 is 33.2 Å². The van der Waals surface area contributed by atoms with Gasteiger partial charge in [0.15, 0.2) is 0 Å². The van der Waals surface area contributed by atoms with Crippen LogP contribution in [0.5, 0.6) is 11.5 Å². The van der Waals surface area contributed by atoms with E-state index in [0.717, 1.165) is 4.47 Å². The second-order valence-corrected chi connectivity index (χ2v) is 7.15. The van der Waals surface area contributed by atoms with Gasteiger partial charge in [-0.15, -0.1) is 0 Å². The highest BCUT2D eigenvalue weighted by molar-refractivity contribution is 9.10. The van der Waals surface area contributed by atoms with Crippen molar-refractivity contribution in [1.82, 2.24) is 4.90 Å². The van der Waals surface area contributed by atoms with Crippen LogP contribution in [0, 0.1) is 10.1 Å². The Kier molecular flexibility index (Phi) is 6.03. The molecule has 8 nitrogen and oxygen atoms in total. The van der Waals surface area contributed by atoms with Crippen LogP contribution in [0.3, 0.4) is 0 Å². The summed E-state index contributed by atoms with van der Waals surface area (Å²) < 4.78 is 11.2. The normalized spacial score (nSPS) is 14.0. The SMILES string of the molecule is COc1ccc(N2CCN(C(=O)c3cc(Br)ccc3OC)CC2)c([N+](=O)[O-])c1. The van der Waals surface area contributed by atoms with Crippen LogP contribution in [0.2, 0.25) is 0 Å². The summed E-state index contributed by atoms with van der Waals surface area (Å²) in [5.74, 6) is 0.828. The number of rotatable bonds is 5. The van der Waals surface area contributed by atoms with Crippen LogP contribution in [-0.2, 0) is 0 Å². The lowest BCUT2D eigenvalue weighted by atomic mass is 10.1. The molecule has 0 aromatic heterocycles. The lowest BCUT2D eigenvalue weighted by molar-refractivity contribution is -0.384. The number of nitro groups is 1. The van der Waals surface area contributed by atoms with Gasteiger partial charge in [0, 0.05) is 30.7 Å². The molecule has 1 aliphatic rings. The summed E-state index contributed by atoms with van der Waals surface area (Å²) in [4.78, 5) is 27.6. The molecule has 148 valence electrons. The molecule has 0 saturated carbocycles. The first-order valence-electron chi connectivity index (χ1n) is 8.64. The Labute approximate surface area is 170 Å². The van der Waals surface area contributed by atoms with Crippen LogP contribution >= 0.6 is 15.9 Å². The van der Waals surface area contributed by atoms with Crippen LogP contribution in [-0.4, -0.2) is 56.1 Å². The highest BCUT2D eigenvalue weighted by Crippen LogP contribution is 2.33. The number of nitrogens with zero attached hydrogens (tertiary/aromatic N) is 3. The predicted molar refractivity (Wildman–Crippen MR) is 108 cm³/mol. The van der Waals surface area contributed by atoms with Crippen LogP contribution in [0.4, 0.5) is 11.4 Å². The molecule has 9 heteroatoms. The van der Waals surface area contributed by atoms with Crippen molar-refractivity contribution in [3.05, 3.63) is 56.5 Å². The summed E-state index contributed by atoms with van der Waals surface area (Å²) in [6.45, 7) is 1.90. The van der Waals surface area contributed by atoms with Crippen molar-refractivity contribution in [2.75, 3.05) is 45.3 Å². The van der Waals surface area contributed by atoms with Crippen molar-refractivity contribution in [3.63, 3.8) is 0 Å². The average molecular weight is 450 g/mol. The first-order valence-corrected chi connectivity index (χ1v) is 9.44. The van der Waals surface area contributed by atoms with Crippen molar-refractivity contribution < 1.29 is 19.2 Å². The third-order valence-electron chi connectivity index (χ3n) is 4.68. The molecule has 1 fully saturated rings. The van der Waals surface area contributed by atoms with Crippen molar-refractivity contribution in [3.8, 4) is 11.5 Å². The molecule has 1 saturated heterocycles. The maximum atomic E-state index is 12.9. The quantitative estimate of drug-likeness (QED) is 0.513. The molecule has 2 aromatic rings. The fourth-order valence-corrected chi connectivity index (χ4v) is 3.57. The number of carbonyl (C=O) groups is 1.